The zero-order valence-electron chi connectivity index (χ0n) is 9.16. The van der Waals surface area contributed by atoms with E-state index in [4.69, 9.17) is 5.73 Å². The van der Waals surface area contributed by atoms with Gasteiger partial charge < -0.3 is 5.73 Å². The number of hydrogen-bond acceptors (Lipinski definition) is 5. The van der Waals surface area contributed by atoms with Crippen molar-refractivity contribution < 1.29 is 0 Å². The summed E-state index contributed by atoms with van der Waals surface area (Å²) in [5, 5.41) is 11.5. The van der Waals surface area contributed by atoms with Crippen LogP contribution in [0.3, 0.4) is 0 Å². The van der Waals surface area contributed by atoms with E-state index in [1.54, 1.807) is 16.4 Å². The van der Waals surface area contributed by atoms with Crippen molar-refractivity contribution in [2.24, 2.45) is 5.73 Å². The maximum Gasteiger partial charge on any atom is 0.173 e. The second-order valence-corrected chi connectivity index (χ2v) is 4.32. The zero-order valence-corrected chi connectivity index (χ0v) is 9.98. The molecule has 0 aliphatic carbocycles. The van der Waals surface area contributed by atoms with Gasteiger partial charge in [-0.1, -0.05) is 6.07 Å². The van der Waals surface area contributed by atoms with E-state index in [1.807, 2.05) is 37.4 Å². The Morgan fingerprint density at radius 2 is 2.25 bits per heavy atom. The first-order chi connectivity index (χ1) is 7.72. The Morgan fingerprint density at radius 1 is 1.44 bits per heavy atom. The number of hydrogen-bond donors (Lipinski definition) is 1. The second kappa shape index (κ2) is 4.63. The van der Waals surface area contributed by atoms with Crippen LogP contribution in [-0.4, -0.2) is 26.5 Å². The summed E-state index contributed by atoms with van der Waals surface area (Å²) in [6.07, 6.45) is 2.03. The standard InChI is InChI=1S/C10H13N5S/c1-7(11)10-12-13-14-15(10)8-4-3-5-9(6-8)16-2/h3-7H,11H2,1-2H3. The topological polar surface area (TPSA) is 69.6 Å². The molecule has 2 aromatic rings. The minimum Gasteiger partial charge on any atom is -0.321 e. The molecule has 1 unspecified atom stereocenters. The molecule has 0 aliphatic heterocycles. The highest BCUT2D eigenvalue weighted by Crippen LogP contribution is 2.19. The van der Waals surface area contributed by atoms with Gasteiger partial charge in [-0.25, -0.2) is 0 Å². The quantitative estimate of drug-likeness (QED) is 0.814. The second-order valence-electron chi connectivity index (χ2n) is 3.44. The molecule has 84 valence electrons. The van der Waals surface area contributed by atoms with Crippen molar-refractivity contribution in [1.29, 1.82) is 0 Å². The van der Waals surface area contributed by atoms with Crippen LogP contribution in [-0.2, 0) is 0 Å². The molecule has 1 aromatic carbocycles. The van der Waals surface area contributed by atoms with E-state index in [1.165, 1.54) is 4.90 Å². The lowest BCUT2D eigenvalue weighted by Crippen LogP contribution is -2.13. The molecule has 5 nitrogen and oxygen atoms in total. The molecule has 1 heterocycles. The van der Waals surface area contributed by atoms with Crippen molar-refractivity contribution in [3.05, 3.63) is 30.1 Å². The molecular weight excluding hydrogens is 222 g/mol. The molecule has 1 aromatic heterocycles. The molecule has 0 saturated heterocycles. The molecule has 6 heteroatoms. The van der Waals surface area contributed by atoms with E-state index in [-0.39, 0.29) is 6.04 Å². The molecule has 16 heavy (non-hydrogen) atoms. The first-order valence-electron chi connectivity index (χ1n) is 4.90. The van der Waals surface area contributed by atoms with E-state index < -0.39 is 0 Å². The van der Waals surface area contributed by atoms with Crippen molar-refractivity contribution in [1.82, 2.24) is 20.2 Å². The van der Waals surface area contributed by atoms with Crippen molar-refractivity contribution in [3.8, 4) is 5.69 Å². The summed E-state index contributed by atoms with van der Waals surface area (Å²) >= 11 is 1.68. The zero-order chi connectivity index (χ0) is 11.5. The average Bonchev–Trinajstić information content (AvgIpc) is 2.78. The first-order valence-corrected chi connectivity index (χ1v) is 6.13. The largest absolute Gasteiger partial charge is 0.321 e. The van der Waals surface area contributed by atoms with E-state index in [0.29, 0.717) is 5.82 Å². The smallest absolute Gasteiger partial charge is 0.173 e. The highest BCUT2D eigenvalue weighted by Gasteiger charge is 2.11. The third-order valence-electron chi connectivity index (χ3n) is 2.20. The highest BCUT2D eigenvalue weighted by atomic mass is 32.2. The molecular formula is C10H13N5S. The molecule has 0 spiro atoms. The van der Waals surface area contributed by atoms with Crippen LogP contribution in [0.15, 0.2) is 29.2 Å². The minimum absolute atomic E-state index is 0.187. The van der Waals surface area contributed by atoms with Gasteiger partial charge in [-0.3, -0.25) is 0 Å². The Balaban J connectivity index is 2.46. The maximum atomic E-state index is 5.80. The highest BCUT2D eigenvalue weighted by molar-refractivity contribution is 7.98. The van der Waals surface area contributed by atoms with E-state index in [0.717, 1.165) is 5.69 Å². The number of aromatic nitrogens is 4. The molecule has 0 bridgehead atoms. The fourth-order valence-electron chi connectivity index (χ4n) is 1.40. The van der Waals surface area contributed by atoms with Crippen LogP contribution in [0.4, 0.5) is 0 Å². The van der Waals surface area contributed by atoms with Gasteiger partial charge >= 0.3 is 0 Å². The fourth-order valence-corrected chi connectivity index (χ4v) is 1.86. The monoisotopic (exact) mass is 235 g/mol. The maximum absolute atomic E-state index is 5.80. The average molecular weight is 235 g/mol. The predicted octanol–water partition coefficient (Wildman–Crippen LogP) is 1.40. The Morgan fingerprint density at radius 3 is 2.94 bits per heavy atom. The first kappa shape index (κ1) is 11.1. The van der Waals surface area contributed by atoms with Gasteiger partial charge in [-0.05, 0) is 41.8 Å². The molecule has 0 radical (unpaired) electrons. The Labute approximate surface area is 98.0 Å². The van der Waals surface area contributed by atoms with Gasteiger partial charge in [-0.2, -0.15) is 4.68 Å². The molecule has 0 aliphatic rings. The number of tetrazole rings is 1. The lowest BCUT2D eigenvalue weighted by Gasteiger charge is -2.07. The molecule has 1 atom stereocenters. The van der Waals surface area contributed by atoms with Crippen LogP contribution < -0.4 is 5.73 Å². The summed E-state index contributed by atoms with van der Waals surface area (Å²) in [4.78, 5) is 1.17. The summed E-state index contributed by atoms with van der Waals surface area (Å²) in [5.41, 5.74) is 6.73. The number of rotatable bonds is 3. The summed E-state index contributed by atoms with van der Waals surface area (Å²) in [7, 11) is 0. The van der Waals surface area contributed by atoms with Crippen LogP contribution in [0.5, 0.6) is 0 Å². The van der Waals surface area contributed by atoms with Crippen LogP contribution in [0.2, 0.25) is 0 Å². The summed E-state index contributed by atoms with van der Waals surface area (Å²) in [5.74, 6) is 0.665. The van der Waals surface area contributed by atoms with E-state index in [2.05, 4.69) is 15.5 Å². The van der Waals surface area contributed by atoms with Crippen LogP contribution >= 0.6 is 11.8 Å². The SMILES string of the molecule is CSc1cccc(-n2nnnc2C(C)N)c1. The summed E-state index contributed by atoms with van der Waals surface area (Å²) < 4.78 is 1.67. The van der Waals surface area contributed by atoms with Crippen LogP contribution in [0, 0.1) is 0 Å². The summed E-state index contributed by atoms with van der Waals surface area (Å²) in [6.45, 7) is 1.86. The minimum atomic E-state index is -0.187. The normalized spacial score (nSPS) is 12.7. The van der Waals surface area contributed by atoms with Gasteiger partial charge in [0, 0.05) is 4.90 Å². The lowest BCUT2D eigenvalue weighted by molar-refractivity contribution is 0.687. The van der Waals surface area contributed by atoms with E-state index >= 15 is 0 Å². The number of nitrogens with two attached hydrogens (primary N) is 1. The third kappa shape index (κ3) is 2.07. The van der Waals surface area contributed by atoms with Crippen molar-refractivity contribution in [2.75, 3.05) is 6.26 Å². The van der Waals surface area contributed by atoms with Gasteiger partial charge in [0.15, 0.2) is 5.82 Å². The molecule has 2 rings (SSSR count). The molecule has 2 N–H and O–H groups in total. The van der Waals surface area contributed by atoms with Gasteiger partial charge in [-0.15, -0.1) is 16.9 Å². The van der Waals surface area contributed by atoms with Crippen molar-refractivity contribution in [3.63, 3.8) is 0 Å². The van der Waals surface area contributed by atoms with Gasteiger partial charge in [0.2, 0.25) is 0 Å². The number of thioether (sulfide) groups is 1. The Bertz CT molecular complexity index is 480. The Kier molecular flexibility index (Phi) is 3.21. The molecule has 0 amide bonds. The summed E-state index contributed by atoms with van der Waals surface area (Å²) in [6, 6.07) is 7.83. The third-order valence-corrected chi connectivity index (χ3v) is 2.92. The van der Waals surface area contributed by atoms with Crippen LogP contribution in [0.1, 0.15) is 18.8 Å². The van der Waals surface area contributed by atoms with E-state index in [9.17, 15) is 0 Å². The lowest BCUT2D eigenvalue weighted by atomic mass is 10.3. The van der Waals surface area contributed by atoms with Crippen LogP contribution in [0.25, 0.3) is 5.69 Å². The Hall–Kier alpha value is -1.40. The van der Waals surface area contributed by atoms with Crippen molar-refractivity contribution >= 4 is 11.8 Å². The van der Waals surface area contributed by atoms with Gasteiger partial charge in [0.05, 0.1) is 11.7 Å². The number of nitrogens with zero attached hydrogens (tertiary/aromatic N) is 4. The van der Waals surface area contributed by atoms with Gasteiger partial charge in [0.1, 0.15) is 0 Å². The molecule has 0 saturated carbocycles. The number of benzene rings is 1. The predicted molar refractivity (Wildman–Crippen MR) is 63.5 cm³/mol. The fraction of sp³-hybridized carbons (Fsp3) is 0.300. The van der Waals surface area contributed by atoms with Gasteiger partial charge in [0.25, 0.3) is 0 Å². The van der Waals surface area contributed by atoms with Crippen molar-refractivity contribution in [2.45, 2.75) is 17.9 Å². The molecule has 0 fully saturated rings.